The fraction of sp³-hybridized carbons (Fsp3) is 0.333. The van der Waals surface area contributed by atoms with Crippen LogP contribution in [0.4, 0.5) is 4.79 Å². The molecule has 0 aliphatic carbocycles. The molecule has 0 saturated heterocycles. The third-order valence-corrected chi connectivity index (χ3v) is 1.58. The van der Waals surface area contributed by atoms with Gasteiger partial charge >= 0.3 is 6.09 Å². The number of ether oxygens (including phenoxy) is 1. The van der Waals surface area contributed by atoms with Gasteiger partial charge in [-0.15, -0.1) is 0 Å². The smallest absolute Gasteiger partial charge is 0.392 e. The molecule has 1 aromatic heterocycles. The highest BCUT2D eigenvalue weighted by Crippen LogP contribution is 2.29. The monoisotopic (exact) mass is 257 g/mol. The van der Waals surface area contributed by atoms with E-state index in [0.29, 0.717) is 5.82 Å². The number of carbonyl (C=O) groups excluding carboxylic acids is 1. The summed E-state index contributed by atoms with van der Waals surface area (Å²) in [6.45, 7) is 0. The first-order chi connectivity index (χ1) is 6.37. The minimum absolute atomic E-state index is 0.0831. The molecule has 0 saturated carbocycles. The van der Waals surface area contributed by atoms with Crippen LogP contribution in [-0.4, -0.2) is 19.9 Å². The molecule has 1 heterocycles. The number of nitrogens with zero attached hydrogens (tertiary/aromatic N) is 1. The number of hydrogen-bond donors (Lipinski definition) is 2. The van der Waals surface area contributed by atoms with Crippen LogP contribution >= 0.6 is 34.8 Å². The Bertz CT molecular complexity index is 333. The molecule has 3 N–H and O–H groups in total. The topological polar surface area (TPSA) is 81.0 Å². The van der Waals surface area contributed by atoms with E-state index in [2.05, 4.69) is 14.7 Å². The molecule has 0 unspecified atom stereocenters. The number of aromatic amines is 1. The lowest BCUT2D eigenvalue weighted by molar-refractivity contribution is 0.209. The van der Waals surface area contributed by atoms with Crippen LogP contribution in [0.1, 0.15) is 5.82 Å². The number of nitrogens with two attached hydrogens (primary N) is 1. The number of H-pyrrole nitrogens is 1. The normalized spacial score (nSPS) is 11.4. The van der Waals surface area contributed by atoms with E-state index in [1.807, 2.05) is 0 Å². The van der Waals surface area contributed by atoms with Crippen LogP contribution < -0.4 is 10.5 Å². The molecule has 1 rings (SSSR count). The Labute approximate surface area is 94.5 Å². The molecule has 14 heavy (non-hydrogen) atoms. The maximum absolute atomic E-state index is 10.3. The molecular weight excluding hydrogens is 252 g/mol. The van der Waals surface area contributed by atoms with Gasteiger partial charge in [-0.3, -0.25) is 0 Å². The predicted molar refractivity (Wildman–Crippen MR) is 52.8 cm³/mol. The van der Waals surface area contributed by atoms with Crippen molar-refractivity contribution < 1.29 is 9.53 Å². The first-order valence-corrected chi connectivity index (χ1v) is 4.58. The maximum Gasteiger partial charge on any atom is 0.411 e. The van der Waals surface area contributed by atoms with Gasteiger partial charge in [-0.05, 0) is 0 Å². The van der Waals surface area contributed by atoms with Crippen LogP contribution in [0.15, 0.2) is 6.20 Å². The number of amides is 1. The van der Waals surface area contributed by atoms with E-state index in [0.717, 1.165) is 0 Å². The zero-order valence-electron chi connectivity index (χ0n) is 6.76. The van der Waals surface area contributed by atoms with Gasteiger partial charge in [0, 0.05) is 0 Å². The Hall–Kier alpha value is -0.650. The van der Waals surface area contributed by atoms with Gasteiger partial charge in [-0.1, -0.05) is 34.8 Å². The van der Waals surface area contributed by atoms with Crippen LogP contribution in [0.5, 0.6) is 5.88 Å². The van der Waals surface area contributed by atoms with Crippen molar-refractivity contribution in [2.75, 3.05) is 0 Å². The summed E-state index contributed by atoms with van der Waals surface area (Å²) in [6.07, 6.45) is 0.421. The van der Waals surface area contributed by atoms with Crippen LogP contribution in [0.2, 0.25) is 0 Å². The number of halogens is 3. The van der Waals surface area contributed by atoms with Crippen molar-refractivity contribution in [1.82, 2.24) is 9.97 Å². The van der Waals surface area contributed by atoms with E-state index >= 15 is 0 Å². The van der Waals surface area contributed by atoms with Crippen molar-refractivity contribution in [2.45, 2.75) is 10.2 Å². The third kappa shape index (κ3) is 4.04. The minimum Gasteiger partial charge on any atom is -0.392 e. The Kier molecular flexibility index (Phi) is 3.47. The second kappa shape index (κ2) is 4.25. The van der Waals surface area contributed by atoms with E-state index in [-0.39, 0.29) is 12.3 Å². The first-order valence-electron chi connectivity index (χ1n) is 3.45. The molecule has 0 radical (unpaired) electrons. The summed E-state index contributed by atoms with van der Waals surface area (Å²) in [5.74, 6) is 0.503. The number of imidazole rings is 1. The van der Waals surface area contributed by atoms with Crippen LogP contribution in [0.25, 0.3) is 0 Å². The zero-order chi connectivity index (χ0) is 10.8. The van der Waals surface area contributed by atoms with Gasteiger partial charge in [0.1, 0.15) is 5.82 Å². The maximum atomic E-state index is 10.3. The molecule has 0 atom stereocenters. The average Bonchev–Trinajstić information content (AvgIpc) is 2.30. The minimum atomic E-state index is -1.44. The fourth-order valence-corrected chi connectivity index (χ4v) is 1.16. The van der Waals surface area contributed by atoms with Gasteiger partial charge in [-0.2, -0.15) is 0 Å². The van der Waals surface area contributed by atoms with Crippen LogP contribution in [0, 0.1) is 0 Å². The Balaban J connectivity index is 2.64. The molecule has 1 aromatic rings. The third-order valence-electron chi connectivity index (χ3n) is 1.18. The van der Waals surface area contributed by atoms with E-state index in [1.54, 1.807) is 0 Å². The Morgan fingerprint density at radius 1 is 1.64 bits per heavy atom. The van der Waals surface area contributed by atoms with Crippen LogP contribution in [0.3, 0.4) is 0 Å². The summed E-state index contributed by atoms with van der Waals surface area (Å²) in [4.78, 5) is 16.8. The number of carbonyl (C=O) groups is 1. The highest BCUT2D eigenvalue weighted by Gasteiger charge is 2.22. The molecular formula is C6H6Cl3N3O2. The Morgan fingerprint density at radius 3 is 2.79 bits per heavy atom. The summed E-state index contributed by atoms with van der Waals surface area (Å²) in [6, 6.07) is 0. The number of rotatable bonds is 2. The SMILES string of the molecule is NC(=O)Oc1cnc(CC(Cl)(Cl)Cl)[nH]1. The summed E-state index contributed by atoms with van der Waals surface area (Å²) in [5.41, 5.74) is 4.77. The first kappa shape index (κ1) is 11.4. The van der Waals surface area contributed by atoms with Gasteiger partial charge in [-0.25, -0.2) is 9.78 Å². The molecule has 1 amide bonds. The second-order valence-electron chi connectivity index (χ2n) is 2.41. The molecule has 0 aliphatic heterocycles. The second-order valence-corrected chi connectivity index (χ2v) is 4.92. The Morgan fingerprint density at radius 2 is 2.29 bits per heavy atom. The molecule has 0 aliphatic rings. The van der Waals surface area contributed by atoms with Gasteiger partial charge in [0.15, 0.2) is 3.79 Å². The van der Waals surface area contributed by atoms with Gasteiger partial charge in [0.2, 0.25) is 5.88 Å². The van der Waals surface area contributed by atoms with Crippen LogP contribution in [-0.2, 0) is 6.42 Å². The van der Waals surface area contributed by atoms with Gasteiger partial charge < -0.3 is 15.5 Å². The number of aromatic nitrogens is 2. The summed E-state index contributed by atoms with van der Waals surface area (Å²) < 4.78 is 3.06. The molecule has 78 valence electrons. The van der Waals surface area contributed by atoms with Gasteiger partial charge in [0.25, 0.3) is 0 Å². The van der Waals surface area contributed by atoms with Gasteiger partial charge in [0.05, 0.1) is 12.6 Å². The fourth-order valence-electron chi connectivity index (χ4n) is 0.783. The highest BCUT2D eigenvalue weighted by molar-refractivity contribution is 6.67. The summed E-state index contributed by atoms with van der Waals surface area (Å²) in [5, 5.41) is 0. The lowest BCUT2D eigenvalue weighted by Crippen LogP contribution is -2.16. The number of alkyl halides is 3. The lowest BCUT2D eigenvalue weighted by Gasteiger charge is -2.06. The van der Waals surface area contributed by atoms with Crippen molar-refractivity contribution in [1.29, 1.82) is 0 Å². The van der Waals surface area contributed by atoms with Crippen molar-refractivity contribution >= 4 is 40.9 Å². The quantitative estimate of drug-likeness (QED) is 0.793. The molecule has 0 spiro atoms. The molecule has 0 aromatic carbocycles. The summed E-state index contributed by atoms with van der Waals surface area (Å²) in [7, 11) is 0. The van der Waals surface area contributed by atoms with E-state index in [9.17, 15) is 4.79 Å². The average molecular weight is 258 g/mol. The number of nitrogens with one attached hydrogen (secondary N) is 1. The molecule has 8 heteroatoms. The van der Waals surface area contributed by atoms with E-state index in [4.69, 9.17) is 40.5 Å². The van der Waals surface area contributed by atoms with Crippen molar-refractivity contribution in [3.63, 3.8) is 0 Å². The van der Waals surface area contributed by atoms with Crippen molar-refractivity contribution in [3.8, 4) is 5.88 Å². The molecule has 0 bridgehead atoms. The van der Waals surface area contributed by atoms with Crippen molar-refractivity contribution in [3.05, 3.63) is 12.0 Å². The largest absolute Gasteiger partial charge is 0.411 e. The predicted octanol–water partition coefficient (Wildman–Crippen LogP) is 1.78. The zero-order valence-corrected chi connectivity index (χ0v) is 9.03. The van der Waals surface area contributed by atoms with E-state index < -0.39 is 9.89 Å². The van der Waals surface area contributed by atoms with Crippen molar-refractivity contribution in [2.24, 2.45) is 5.73 Å². The highest BCUT2D eigenvalue weighted by atomic mass is 35.6. The molecule has 5 nitrogen and oxygen atoms in total. The lowest BCUT2D eigenvalue weighted by atomic mass is 10.5. The number of hydrogen-bond acceptors (Lipinski definition) is 3. The number of primary amides is 1. The summed E-state index contributed by atoms with van der Waals surface area (Å²) >= 11 is 16.6. The van der Waals surface area contributed by atoms with E-state index in [1.165, 1.54) is 6.20 Å². The standard InChI is InChI=1S/C6H6Cl3N3O2/c7-6(8,9)1-3-11-2-4(12-3)14-5(10)13/h2H,1H2,(H2,10,13)(H,11,12). The molecule has 0 fully saturated rings.